The second-order valence-corrected chi connectivity index (χ2v) is 6.26. The van der Waals surface area contributed by atoms with Crippen molar-refractivity contribution in [2.24, 2.45) is 0 Å². The van der Waals surface area contributed by atoms with Crippen LogP contribution >= 0.6 is 0 Å². The van der Waals surface area contributed by atoms with Crippen LogP contribution in [0, 0.1) is 6.33 Å². The Hall–Kier alpha value is -2.81. The van der Waals surface area contributed by atoms with Gasteiger partial charge in [0.25, 0.3) is 0 Å². The highest BCUT2D eigenvalue weighted by Crippen LogP contribution is 2.40. The first kappa shape index (κ1) is 12.7. The van der Waals surface area contributed by atoms with E-state index >= 15 is 0 Å². The molecule has 0 fully saturated rings. The molecule has 0 amide bonds. The van der Waals surface area contributed by atoms with Gasteiger partial charge in [-0.1, -0.05) is 48.5 Å². The predicted octanol–water partition coefficient (Wildman–Crippen LogP) is 4.56. The Morgan fingerprint density at radius 2 is 1.87 bits per heavy atom. The molecular formula is C20H16N2O. The first-order chi connectivity index (χ1) is 11.2. The Morgan fingerprint density at radius 3 is 2.74 bits per heavy atom. The average Bonchev–Trinajstić information content (AvgIpc) is 2.97. The summed E-state index contributed by atoms with van der Waals surface area (Å²) < 4.78 is 10.6. The van der Waals surface area contributed by atoms with Crippen LogP contribution in [-0.2, 0) is 0 Å². The van der Waals surface area contributed by atoms with Gasteiger partial charge in [0.1, 0.15) is 11.5 Å². The number of nitrogens with zero attached hydrogens (tertiary/aromatic N) is 2. The van der Waals surface area contributed by atoms with E-state index in [1.54, 1.807) is 0 Å². The van der Waals surface area contributed by atoms with E-state index < -0.39 is 0 Å². The van der Waals surface area contributed by atoms with Crippen molar-refractivity contribution in [1.29, 1.82) is 0 Å². The average molecular weight is 300 g/mol. The molecule has 4 aromatic rings. The molecule has 3 nitrogen and oxygen atoms in total. The van der Waals surface area contributed by atoms with Crippen LogP contribution in [0.3, 0.4) is 0 Å². The maximum Gasteiger partial charge on any atom is 0.244 e. The van der Waals surface area contributed by atoms with Gasteiger partial charge in [-0.25, -0.2) is 0 Å². The molecule has 0 spiro atoms. The maximum atomic E-state index is 6.30. The number of ether oxygens (including phenoxy) is 1. The summed E-state index contributed by atoms with van der Waals surface area (Å²) in [5.41, 5.74) is 3.28. The molecule has 1 aromatic heterocycles. The van der Waals surface area contributed by atoms with Crippen molar-refractivity contribution in [2.45, 2.75) is 19.9 Å². The Bertz CT molecular complexity index is 1080. The zero-order valence-electron chi connectivity index (χ0n) is 13.1. The lowest BCUT2D eigenvalue weighted by Crippen LogP contribution is -2.32. The third-order valence-corrected chi connectivity index (χ3v) is 4.50. The number of fused-ring (bicyclic) bond motifs is 4. The Balaban J connectivity index is 1.93. The van der Waals surface area contributed by atoms with E-state index in [1.165, 1.54) is 5.39 Å². The quantitative estimate of drug-likeness (QED) is 0.328. The minimum atomic E-state index is 0.344. The second kappa shape index (κ2) is 4.35. The van der Waals surface area contributed by atoms with Gasteiger partial charge < -0.3 is 13.9 Å². The second-order valence-electron chi connectivity index (χ2n) is 6.26. The van der Waals surface area contributed by atoms with E-state index in [2.05, 4.69) is 71.8 Å². The van der Waals surface area contributed by atoms with Gasteiger partial charge in [0, 0.05) is 5.39 Å². The third kappa shape index (κ3) is 1.62. The van der Waals surface area contributed by atoms with Crippen molar-refractivity contribution < 1.29 is 9.30 Å². The van der Waals surface area contributed by atoms with E-state index in [9.17, 15) is 0 Å². The van der Waals surface area contributed by atoms with Crippen LogP contribution in [0.4, 0.5) is 0 Å². The molecule has 3 heteroatoms. The van der Waals surface area contributed by atoms with Gasteiger partial charge >= 0.3 is 0 Å². The normalized spacial score (nSPS) is 12.7. The summed E-state index contributed by atoms with van der Waals surface area (Å²) >= 11 is 0. The summed E-state index contributed by atoms with van der Waals surface area (Å²) in [7, 11) is 0. The van der Waals surface area contributed by atoms with Gasteiger partial charge in [-0.2, -0.15) is 0 Å². The van der Waals surface area contributed by atoms with Gasteiger partial charge in [-0.15, -0.1) is 0 Å². The van der Waals surface area contributed by atoms with E-state index in [-0.39, 0.29) is 0 Å². The number of benzene rings is 3. The number of rotatable bonds is 1. The smallest absolute Gasteiger partial charge is 0.244 e. The number of hydrogen-bond donors (Lipinski definition) is 0. The Morgan fingerprint density at radius 1 is 1.00 bits per heavy atom. The van der Waals surface area contributed by atoms with Crippen molar-refractivity contribution in [3.63, 3.8) is 0 Å². The topological polar surface area (TPSA) is 18.0 Å². The minimum Gasteiger partial charge on any atom is -0.468 e. The molecule has 3 aromatic carbocycles. The van der Waals surface area contributed by atoms with Gasteiger partial charge in [-0.05, 0) is 25.3 Å². The Labute approximate surface area is 134 Å². The van der Waals surface area contributed by atoms with Gasteiger partial charge in [0.05, 0.1) is 22.8 Å². The number of para-hydroxylation sites is 1. The fraction of sp³-hybridized carbons (Fsp3) is 0.150. The van der Waals surface area contributed by atoms with Crippen LogP contribution in [-0.4, -0.2) is 4.57 Å². The standard InChI is InChI=1S/C20H16N2O/c1-13(2)21-12-22-17-11-10-14-6-3-4-7-15(14)20(17)23-18-9-5-8-16(21)19(18)22/h3-11,13H,1-2H3. The van der Waals surface area contributed by atoms with Crippen molar-refractivity contribution in [2.75, 3.05) is 0 Å². The molecule has 112 valence electrons. The monoisotopic (exact) mass is 300 g/mol. The molecule has 0 saturated carbocycles. The maximum absolute atomic E-state index is 6.30. The molecule has 23 heavy (non-hydrogen) atoms. The largest absolute Gasteiger partial charge is 0.468 e. The fourth-order valence-electron chi connectivity index (χ4n) is 3.42. The van der Waals surface area contributed by atoms with E-state index in [1.807, 2.05) is 12.1 Å². The fourth-order valence-corrected chi connectivity index (χ4v) is 3.42. The van der Waals surface area contributed by atoms with Crippen LogP contribution in [0.1, 0.15) is 19.9 Å². The molecule has 5 rings (SSSR count). The van der Waals surface area contributed by atoms with Crippen LogP contribution in [0.5, 0.6) is 11.5 Å². The molecule has 1 aliphatic heterocycles. The summed E-state index contributed by atoms with van der Waals surface area (Å²) in [5.74, 6) is 1.80. The van der Waals surface area contributed by atoms with Crippen molar-refractivity contribution in [1.82, 2.24) is 4.57 Å². The van der Waals surface area contributed by atoms with Crippen molar-refractivity contribution in [3.05, 3.63) is 60.9 Å². The summed E-state index contributed by atoms with van der Waals surface area (Å²) in [6.07, 6.45) is 3.51. The lowest BCUT2D eigenvalue weighted by atomic mass is 10.1. The molecule has 0 bridgehead atoms. The van der Waals surface area contributed by atoms with E-state index in [4.69, 9.17) is 4.74 Å². The zero-order chi connectivity index (χ0) is 15.6. The van der Waals surface area contributed by atoms with Gasteiger partial charge in [0.15, 0.2) is 0 Å². The number of aromatic nitrogens is 2. The van der Waals surface area contributed by atoms with Crippen LogP contribution in [0.15, 0.2) is 54.6 Å². The van der Waals surface area contributed by atoms with Crippen LogP contribution < -0.4 is 9.30 Å². The van der Waals surface area contributed by atoms with E-state index in [0.29, 0.717) is 6.04 Å². The molecule has 0 N–H and O–H groups in total. The lowest BCUT2D eigenvalue weighted by molar-refractivity contribution is -0.575. The predicted molar refractivity (Wildman–Crippen MR) is 90.3 cm³/mol. The Kier molecular flexibility index (Phi) is 2.41. The zero-order valence-corrected chi connectivity index (χ0v) is 13.1. The molecular weight excluding hydrogens is 284 g/mol. The first-order valence-electron chi connectivity index (χ1n) is 7.92. The summed E-state index contributed by atoms with van der Waals surface area (Å²) in [4.78, 5) is 0. The molecule has 0 aliphatic carbocycles. The highest BCUT2D eigenvalue weighted by atomic mass is 16.5. The summed E-state index contributed by atoms with van der Waals surface area (Å²) in [6.45, 7) is 4.35. The van der Waals surface area contributed by atoms with Gasteiger partial charge in [0.2, 0.25) is 6.33 Å². The SMILES string of the molecule is CC(C)n1[c-][n+]2c3c(cccc31)Oc1c-2ccc2ccccc12. The first-order valence-corrected chi connectivity index (χ1v) is 7.92. The minimum absolute atomic E-state index is 0.344. The molecule has 0 saturated heterocycles. The van der Waals surface area contributed by atoms with E-state index in [0.717, 1.165) is 33.6 Å². The van der Waals surface area contributed by atoms with Crippen LogP contribution in [0.25, 0.3) is 27.5 Å². The van der Waals surface area contributed by atoms with Crippen molar-refractivity contribution >= 4 is 21.8 Å². The molecule has 0 unspecified atom stereocenters. The van der Waals surface area contributed by atoms with Crippen molar-refractivity contribution in [3.8, 4) is 17.2 Å². The number of hydrogen-bond acceptors (Lipinski definition) is 1. The summed E-state index contributed by atoms with van der Waals surface area (Å²) in [5, 5.41) is 2.32. The molecule has 0 atom stereocenters. The summed E-state index contributed by atoms with van der Waals surface area (Å²) in [6, 6.07) is 19.1. The highest BCUT2D eigenvalue weighted by molar-refractivity contribution is 5.93. The molecule has 0 radical (unpaired) electrons. The van der Waals surface area contributed by atoms with Crippen LogP contribution in [0.2, 0.25) is 0 Å². The highest BCUT2D eigenvalue weighted by Gasteiger charge is 2.23. The third-order valence-electron chi connectivity index (χ3n) is 4.50. The van der Waals surface area contributed by atoms with Gasteiger partial charge in [-0.3, -0.25) is 0 Å². The molecule has 1 aliphatic rings. The number of imidazole rings is 1. The molecule has 2 heterocycles. The lowest BCUT2D eigenvalue weighted by Gasteiger charge is -2.22.